The highest BCUT2D eigenvalue weighted by Gasteiger charge is 2.20. The van der Waals surface area contributed by atoms with Gasteiger partial charge in [0.25, 0.3) is 0 Å². The molecule has 2 rings (SSSR count). The van der Waals surface area contributed by atoms with Crippen LogP contribution in [0.1, 0.15) is 38.7 Å². The summed E-state index contributed by atoms with van der Waals surface area (Å²) in [6.07, 6.45) is 4.28. The van der Waals surface area contributed by atoms with Gasteiger partial charge in [-0.15, -0.1) is 0 Å². The number of hydrogen-bond donors (Lipinski definition) is 2. The summed E-state index contributed by atoms with van der Waals surface area (Å²) in [7, 11) is 0. The van der Waals surface area contributed by atoms with Crippen molar-refractivity contribution in [2.75, 3.05) is 29.9 Å². The molecular formula is C21H31N3O3. The number of ether oxygens (including phenoxy) is 1. The third-order valence-corrected chi connectivity index (χ3v) is 4.66. The molecule has 2 atom stereocenters. The molecule has 6 nitrogen and oxygen atoms in total. The Labute approximate surface area is 161 Å². The highest BCUT2D eigenvalue weighted by Crippen LogP contribution is 2.27. The van der Waals surface area contributed by atoms with Crippen LogP contribution in [0.2, 0.25) is 0 Å². The average molecular weight is 373 g/mol. The zero-order chi connectivity index (χ0) is 19.8. The third kappa shape index (κ3) is 6.10. The van der Waals surface area contributed by atoms with Crippen molar-refractivity contribution in [1.29, 1.82) is 0 Å². The predicted octanol–water partition coefficient (Wildman–Crippen LogP) is 2.87. The van der Waals surface area contributed by atoms with Gasteiger partial charge in [0.15, 0.2) is 0 Å². The van der Waals surface area contributed by atoms with E-state index in [1.165, 1.54) is 6.08 Å². The molecule has 0 bridgehead atoms. The van der Waals surface area contributed by atoms with E-state index in [2.05, 4.69) is 11.9 Å². The average Bonchev–Trinajstić information content (AvgIpc) is 2.85. The molecule has 3 N–H and O–H groups in total. The second-order valence-corrected chi connectivity index (χ2v) is 7.21. The zero-order valence-electron chi connectivity index (χ0n) is 16.4. The molecule has 6 heteroatoms. The molecule has 0 spiro atoms. The van der Waals surface area contributed by atoms with E-state index in [-0.39, 0.29) is 23.8 Å². The van der Waals surface area contributed by atoms with Crippen LogP contribution in [-0.2, 0) is 20.7 Å². The Morgan fingerprint density at radius 1 is 1.48 bits per heavy atom. The minimum absolute atomic E-state index is 0.0139. The molecule has 0 saturated carbocycles. The number of amides is 1. The van der Waals surface area contributed by atoms with Gasteiger partial charge < -0.3 is 20.7 Å². The van der Waals surface area contributed by atoms with Crippen LogP contribution in [0.3, 0.4) is 0 Å². The smallest absolute Gasteiger partial charge is 0.305 e. The lowest BCUT2D eigenvalue weighted by Crippen LogP contribution is -2.35. The third-order valence-electron chi connectivity index (χ3n) is 4.66. The van der Waals surface area contributed by atoms with Crippen LogP contribution < -0.4 is 16.0 Å². The minimum atomic E-state index is -0.196. The van der Waals surface area contributed by atoms with Crippen LogP contribution >= 0.6 is 0 Å². The van der Waals surface area contributed by atoms with Gasteiger partial charge >= 0.3 is 5.97 Å². The van der Waals surface area contributed by atoms with Crippen molar-refractivity contribution < 1.29 is 14.3 Å². The number of nitrogens with one attached hydrogen (secondary N) is 1. The number of nitrogens with zero attached hydrogens (tertiary/aromatic N) is 1. The monoisotopic (exact) mass is 373 g/mol. The van der Waals surface area contributed by atoms with Gasteiger partial charge in [-0.3, -0.25) is 9.59 Å². The van der Waals surface area contributed by atoms with Gasteiger partial charge in [-0.25, -0.2) is 0 Å². The molecule has 1 aliphatic heterocycles. The van der Waals surface area contributed by atoms with Crippen molar-refractivity contribution in [2.45, 2.75) is 45.6 Å². The summed E-state index contributed by atoms with van der Waals surface area (Å²) in [6, 6.07) is 6.10. The predicted molar refractivity (Wildman–Crippen MR) is 109 cm³/mol. The molecule has 1 amide bonds. The topological polar surface area (TPSA) is 84.7 Å². The molecule has 1 aromatic carbocycles. The SMILES string of the molecule is C=CC(=O)N(C[C@@H](C)COC(=O)CCC)c1ccc2c(c1)CCC(N)CN2. The summed E-state index contributed by atoms with van der Waals surface area (Å²) >= 11 is 0. The van der Waals surface area contributed by atoms with Gasteiger partial charge in [-0.2, -0.15) is 0 Å². The number of anilines is 2. The first-order chi connectivity index (χ1) is 12.9. The summed E-state index contributed by atoms with van der Waals surface area (Å²) in [5, 5.41) is 3.36. The van der Waals surface area contributed by atoms with Gasteiger partial charge in [0, 0.05) is 42.8 Å². The van der Waals surface area contributed by atoms with Crippen molar-refractivity contribution in [3.05, 3.63) is 36.4 Å². The summed E-state index contributed by atoms with van der Waals surface area (Å²) in [4.78, 5) is 25.7. The number of carbonyl (C=O) groups is 2. The summed E-state index contributed by atoms with van der Waals surface area (Å²) in [5.74, 6) is -0.349. The minimum Gasteiger partial charge on any atom is -0.465 e. The lowest BCUT2D eigenvalue weighted by molar-refractivity contribution is -0.144. The summed E-state index contributed by atoms with van der Waals surface area (Å²) in [6.45, 7) is 9.02. The fourth-order valence-corrected chi connectivity index (χ4v) is 3.12. The van der Waals surface area contributed by atoms with Crippen LogP contribution in [0.5, 0.6) is 0 Å². The van der Waals surface area contributed by atoms with E-state index in [9.17, 15) is 9.59 Å². The number of esters is 1. The Balaban J connectivity index is 2.11. The standard InChI is InChI=1S/C21H31N3O3/c1-4-6-21(26)27-14-15(3)13-24(20(25)5-2)18-9-10-19-16(11-18)7-8-17(22)12-23-19/h5,9-11,15,17,23H,2,4,6-8,12-14,22H2,1,3H3/t15-,17?/m1/s1. The first-order valence-electron chi connectivity index (χ1n) is 9.66. The molecule has 0 aromatic heterocycles. The van der Waals surface area contributed by atoms with E-state index >= 15 is 0 Å². The lowest BCUT2D eigenvalue weighted by atomic mass is 10.0. The molecule has 0 radical (unpaired) electrons. The van der Waals surface area contributed by atoms with Crippen molar-refractivity contribution >= 4 is 23.3 Å². The fourth-order valence-electron chi connectivity index (χ4n) is 3.12. The van der Waals surface area contributed by atoms with Gasteiger partial charge in [0.1, 0.15) is 0 Å². The molecule has 1 aliphatic rings. The Hall–Kier alpha value is -2.34. The molecule has 0 aliphatic carbocycles. The normalized spacial score (nSPS) is 17.1. The molecule has 0 saturated heterocycles. The molecule has 1 heterocycles. The Morgan fingerprint density at radius 3 is 2.96 bits per heavy atom. The Morgan fingerprint density at radius 2 is 2.26 bits per heavy atom. The van der Waals surface area contributed by atoms with Crippen LogP contribution in [-0.4, -0.2) is 37.6 Å². The van der Waals surface area contributed by atoms with E-state index in [4.69, 9.17) is 10.5 Å². The van der Waals surface area contributed by atoms with E-state index in [0.717, 1.165) is 42.7 Å². The number of rotatable bonds is 8. The first kappa shape index (κ1) is 21.0. The number of aryl methyl sites for hydroxylation is 1. The van der Waals surface area contributed by atoms with Gasteiger partial charge in [-0.05, 0) is 49.1 Å². The van der Waals surface area contributed by atoms with E-state index < -0.39 is 0 Å². The second kappa shape index (κ2) is 10.1. The van der Waals surface area contributed by atoms with Crippen molar-refractivity contribution in [2.24, 2.45) is 11.7 Å². The number of carbonyl (C=O) groups excluding carboxylic acids is 2. The highest BCUT2D eigenvalue weighted by molar-refractivity contribution is 6.01. The first-order valence-corrected chi connectivity index (χ1v) is 9.66. The molecule has 148 valence electrons. The second-order valence-electron chi connectivity index (χ2n) is 7.21. The quantitative estimate of drug-likeness (QED) is 0.541. The summed E-state index contributed by atoms with van der Waals surface area (Å²) in [5.41, 5.74) is 9.09. The van der Waals surface area contributed by atoms with Crippen LogP contribution in [0, 0.1) is 5.92 Å². The van der Waals surface area contributed by atoms with E-state index in [0.29, 0.717) is 19.6 Å². The van der Waals surface area contributed by atoms with Crippen LogP contribution in [0.15, 0.2) is 30.9 Å². The van der Waals surface area contributed by atoms with Crippen molar-refractivity contribution in [3.63, 3.8) is 0 Å². The maximum atomic E-state index is 12.4. The molecule has 1 aromatic rings. The van der Waals surface area contributed by atoms with E-state index in [1.807, 2.05) is 32.0 Å². The van der Waals surface area contributed by atoms with Crippen molar-refractivity contribution in [1.82, 2.24) is 0 Å². The molecular weight excluding hydrogens is 342 g/mol. The molecule has 27 heavy (non-hydrogen) atoms. The maximum absolute atomic E-state index is 12.4. The Kier molecular flexibility index (Phi) is 7.85. The van der Waals surface area contributed by atoms with Crippen LogP contribution in [0.4, 0.5) is 11.4 Å². The fraction of sp³-hybridized carbons (Fsp3) is 0.524. The Bertz CT molecular complexity index is 675. The van der Waals surface area contributed by atoms with Gasteiger partial charge in [-0.1, -0.05) is 20.4 Å². The van der Waals surface area contributed by atoms with Crippen LogP contribution in [0.25, 0.3) is 0 Å². The maximum Gasteiger partial charge on any atom is 0.305 e. The lowest BCUT2D eigenvalue weighted by Gasteiger charge is -2.26. The van der Waals surface area contributed by atoms with Gasteiger partial charge in [0.2, 0.25) is 5.91 Å². The number of hydrogen-bond acceptors (Lipinski definition) is 5. The molecule has 0 fully saturated rings. The largest absolute Gasteiger partial charge is 0.465 e. The van der Waals surface area contributed by atoms with Crippen molar-refractivity contribution in [3.8, 4) is 0 Å². The zero-order valence-corrected chi connectivity index (χ0v) is 16.4. The summed E-state index contributed by atoms with van der Waals surface area (Å²) < 4.78 is 5.29. The van der Waals surface area contributed by atoms with E-state index in [1.54, 1.807) is 4.90 Å². The number of benzene rings is 1. The number of fused-ring (bicyclic) bond motifs is 1. The van der Waals surface area contributed by atoms with Gasteiger partial charge in [0.05, 0.1) is 6.61 Å². The molecule has 1 unspecified atom stereocenters. The highest BCUT2D eigenvalue weighted by atomic mass is 16.5. The number of nitrogens with two attached hydrogens (primary N) is 1.